The van der Waals surface area contributed by atoms with Crippen LogP contribution in [-0.4, -0.2) is 29.3 Å². The lowest BCUT2D eigenvalue weighted by Crippen LogP contribution is -2.31. The Bertz CT molecular complexity index is 426. The smallest absolute Gasteiger partial charge is 0.166 e. The van der Waals surface area contributed by atoms with Crippen LogP contribution >= 0.6 is 0 Å². The normalized spacial score (nSPS) is 26.1. The highest BCUT2D eigenvalue weighted by molar-refractivity contribution is 6.43. The summed E-state index contributed by atoms with van der Waals surface area (Å²) < 4.78 is 13.5. The summed E-state index contributed by atoms with van der Waals surface area (Å²) in [5.74, 6) is 0. The minimum Gasteiger partial charge on any atom is -0.377 e. The van der Waals surface area contributed by atoms with E-state index in [2.05, 4.69) is 40.1 Å². The van der Waals surface area contributed by atoms with Crippen molar-refractivity contribution in [3.63, 3.8) is 0 Å². The first-order valence-electron chi connectivity index (χ1n) is 6.96. The van der Waals surface area contributed by atoms with E-state index in [4.69, 9.17) is 9.47 Å². The third-order valence-corrected chi connectivity index (χ3v) is 4.27. The fourth-order valence-electron chi connectivity index (χ4n) is 2.26. The Kier molecular flexibility index (Phi) is 3.80. The molecule has 0 spiro atoms. The Morgan fingerprint density at radius 2 is 2.16 bits per heavy atom. The quantitative estimate of drug-likeness (QED) is 0.783. The van der Waals surface area contributed by atoms with Crippen LogP contribution in [-0.2, 0) is 9.47 Å². The number of ether oxygens (including phenoxy) is 2. The molecule has 0 amide bonds. The van der Waals surface area contributed by atoms with E-state index in [-0.39, 0.29) is 23.1 Å². The second-order valence-corrected chi connectivity index (χ2v) is 6.25. The third-order valence-electron chi connectivity index (χ3n) is 4.27. The van der Waals surface area contributed by atoms with Gasteiger partial charge in [-0.25, -0.2) is 4.68 Å². The molecule has 0 aliphatic carbocycles. The molecule has 0 bridgehead atoms. The van der Waals surface area contributed by atoms with Crippen LogP contribution in [0.1, 0.15) is 59.3 Å². The molecule has 4 nitrogen and oxygen atoms in total. The van der Waals surface area contributed by atoms with Gasteiger partial charge >= 0.3 is 0 Å². The second kappa shape index (κ2) is 4.95. The van der Waals surface area contributed by atoms with Gasteiger partial charge in [0.2, 0.25) is 0 Å². The maximum absolute atomic E-state index is 6.15. The predicted octanol–water partition coefficient (Wildman–Crippen LogP) is 3.15. The molecule has 0 N–H and O–H groups in total. The number of nitrogens with zero attached hydrogens (tertiary/aromatic N) is 2. The van der Waals surface area contributed by atoms with Gasteiger partial charge < -0.3 is 9.47 Å². The van der Waals surface area contributed by atoms with E-state index in [9.17, 15) is 0 Å². The number of hydrogen-bond acceptors (Lipinski definition) is 3. The third kappa shape index (κ3) is 2.72. The van der Waals surface area contributed by atoms with Gasteiger partial charge in [-0.15, -0.1) is 0 Å². The molecule has 105 valence electrons. The Labute approximate surface area is 116 Å². The van der Waals surface area contributed by atoms with Gasteiger partial charge in [-0.05, 0) is 33.0 Å². The van der Waals surface area contributed by atoms with Crippen molar-refractivity contribution >= 4 is 7.28 Å². The standard InChI is InChI=1S/C14H24BN2O2/c1-7-18-10(2)17-9-11(8-16-17)12-15-13(3,4)14(5,6)19-12/h8-10,12H,7H2,1-6H3. The minimum atomic E-state index is -0.161. The monoisotopic (exact) mass is 263 g/mol. The summed E-state index contributed by atoms with van der Waals surface area (Å²) in [5.41, 5.74) is 0.927. The van der Waals surface area contributed by atoms with Gasteiger partial charge in [-0.2, -0.15) is 5.10 Å². The molecule has 2 atom stereocenters. The number of aromatic nitrogens is 2. The van der Waals surface area contributed by atoms with Crippen LogP contribution in [0.25, 0.3) is 0 Å². The van der Waals surface area contributed by atoms with Gasteiger partial charge in [0, 0.05) is 18.4 Å². The molecule has 1 saturated heterocycles. The van der Waals surface area contributed by atoms with E-state index in [0.29, 0.717) is 6.61 Å². The summed E-state index contributed by atoms with van der Waals surface area (Å²) in [5, 5.41) is 4.41. The van der Waals surface area contributed by atoms with Crippen LogP contribution < -0.4 is 0 Å². The molecule has 19 heavy (non-hydrogen) atoms. The zero-order chi connectivity index (χ0) is 14.3. The van der Waals surface area contributed by atoms with Gasteiger partial charge in [-0.1, -0.05) is 13.8 Å². The zero-order valence-electron chi connectivity index (χ0n) is 12.8. The van der Waals surface area contributed by atoms with Crippen LogP contribution in [0.2, 0.25) is 5.31 Å². The molecule has 2 heterocycles. The molecule has 1 aromatic heterocycles. The van der Waals surface area contributed by atoms with Gasteiger partial charge in [0.25, 0.3) is 0 Å². The van der Waals surface area contributed by atoms with Crippen molar-refractivity contribution in [3.05, 3.63) is 18.0 Å². The van der Waals surface area contributed by atoms with E-state index in [0.717, 1.165) is 5.56 Å². The first kappa shape index (κ1) is 14.6. The molecule has 1 radical (unpaired) electrons. The molecule has 2 unspecified atom stereocenters. The van der Waals surface area contributed by atoms with E-state index in [1.165, 1.54) is 0 Å². The van der Waals surface area contributed by atoms with Crippen LogP contribution in [0, 0.1) is 0 Å². The average molecular weight is 263 g/mol. The highest BCUT2D eigenvalue weighted by atomic mass is 16.5. The lowest BCUT2D eigenvalue weighted by atomic mass is 9.47. The molecule has 1 aromatic rings. The lowest BCUT2D eigenvalue weighted by molar-refractivity contribution is -0.0344. The summed E-state index contributed by atoms with van der Waals surface area (Å²) in [6, 6.07) is 0.00702. The summed E-state index contributed by atoms with van der Waals surface area (Å²) in [7, 11) is 2.26. The summed E-state index contributed by atoms with van der Waals surface area (Å²) in [4.78, 5) is 0. The maximum atomic E-state index is 6.15. The Hall–Kier alpha value is -0.805. The van der Waals surface area contributed by atoms with Crippen molar-refractivity contribution in [2.24, 2.45) is 0 Å². The SMILES string of the molecule is CCOC(C)n1cc(C2[B]C(C)(C)C(C)(C)O2)cn1. The van der Waals surface area contributed by atoms with Crippen molar-refractivity contribution in [3.8, 4) is 0 Å². The molecule has 0 saturated carbocycles. The number of hydrogen-bond donors (Lipinski definition) is 0. The van der Waals surface area contributed by atoms with Crippen molar-refractivity contribution < 1.29 is 9.47 Å². The second-order valence-electron chi connectivity index (χ2n) is 6.25. The zero-order valence-corrected chi connectivity index (χ0v) is 12.8. The largest absolute Gasteiger partial charge is 0.377 e. The van der Waals surface area contributed by atoms with E-state index in [1.54, 1.807) is 0 Å². The fourth-order valence-corrected chi connectivity index (χ4v) is 2.26. The molecular weight excluding hydrogens is 239 g/mol. The highest BCUT2D eigenvalue weighted by Crippen LogP contribution is 2.50. The molecule has 1 aliphatic heterocycles. The molecule has 0 aromatic carbocycles. The Balaban J connectivity index is 2.13. The van der Waals surface area contributed by atoms with Crippen LogP contribution in [0.5, 0.6) is 0 Å². The molecule has 5 heteroatoms. The van der Waals surface area contributed by atoms with Crippen molar-refractivity contribution in [2.75, 3.05) is 6.61 Å². The summed E-state index contributed by atoms with van der Waals surface area (Å²) in [6.07, 6.45) is 3.84. The first-order chi connectivity index (χ1) is 8.77. The molecule has 2 rings (SSSR count). The van der Waals surface area contributed by atoms with Crippen molar-refractivity contribution in [2.45, 2.75) is 64.7 Å². The predicted molar refractivity (Wildman–Crippen MR) is 76.3 cm³/mol. The summed E-state index contributed by atoms with van der Waals surface area (Å²) >= 11 is 0. The van der Waals surface area contributed by atoms with Crippen LogP contribution in [0.4, 0.5) is 0 Å². The van der Waals surface area contributed by atoms with Crippen molar-refractivity contribution in [1.29, 1.82) is 0 Å². The molecular formula is C14H24BN2O2. The Morgan fingerprint density at radius 3 is 2.68 bits per heavy atom. The van der Waals surface area contributed by atoms with Gasteiger partial charge in [0.15, 0.2) is 7.28 Å². The maximum Gasteiger partial charge on any atom is 0.166 e. The van der Waals surface area contributed by atoms with Crippen LogP contribution in [0.3, 0.4) is 0 Å². The van der Waals surface area contributed by atoms with Gasteiger partial charge in [-0.3, -0.25) is 0 Å². The summed E-state index contributed by atoms with van der Waals surface area (Å²) in [6.45, 7) is 13.4. The van der Waals surface area contributed by atoms with Gasteiger partial charge in [0.05, 0.1) is 17.8 Å². The van der Waals surface area contributed by atoms with Crippen molar-refractivity contribution in [1.82, 2.24) is 9.78 Å². The van der Waals surface area contributed by atoms with E-state index >= 15 is 0 Å². The van der Waals surface area contributed by atoms with E-state index < -0.39 is 0 Å². The van der Waals surface area contributed by atoms with Crippen LogP contribution in [0.15, 0.2) is 12.4 Å². The average Bonchev–Trinajstić information content (AvgIpc) is 2.83. The fraction of sp³-hybridized carbons (Fsp3) is 0.786. The molecule has 1 aliphatic rings. The minimum absolute atomic E-state index is 0.00702. The van der Waals surface area contributed by atoms with E-state index in [1.807, 2.05) is 30.9 Å². The lowest BCUT2D eigenvalue weighted by Gasteiger charge is -2.33. The highest BCUT2D eigenvalue weighted by Gasteiger charge is 2.49. The Morgan fingerprint density at radius 1 is 1.47 bits per heavy atom. The van der Waals surface area contributed by atoms with Gasteiger partial charge in [0.1, 0.15) is 6.23 Å². The molecule has 1 fully saturated rings. The first-order valence-corrected chi connectivity index (χ1v) is 6.96. The topological polar surface area (TPSA) is 36.3 Å². The number of rotatable bonds is 4.